The standard InChI is InChI=1S/C26H25N3/c1-2-25-23(11-6-16-28-25)22-13-12-21-10-5-9-19-7-3-4-8-20(19)14-15-26(29-18-27)24(21)17-22/h3-4,6-8,11-13,16-17H,2,5,9-10,14-15H2,1H3. The van der Waals surface area contributed by atoms with Gasteiger partial charge in [-0.2, -0.15) is 10.3 Å². The van der Waals surface area contributed by atoms with Crippen LogP contribution >= 0.6 is 0 Å². The van der Waals surface area contributed by atoms with Gasteiger partial charge in [0.15, 0.2) is 0 Å². The van der Waals surface area contributed by atoms with Crippen molar-refractivity contribution in [1.82, 2.24) is 4.98 Å². The molecule has 0 aliphatic heterocycles. The summed E-state index contributed by atoms with van der Waals surface area (Å²) in [5.41, 5.74) is 9.50. The molecule has 1 aliphatic rings. The zero-order chi connectivity index (χ0) is 20.1. The lowest BCUT2D eigenvalue weighted by Crippen LogP contribution is -2.10. The molecular formula is C26H25N3. The van der Waals surface area contributed by atoms with Gasteiger partial charge < -0.3 is 0 Å². The number of hydrogen-bond donors (Lipinski definition) is 0. The van der Waals surface area contributed by atoms with Gasteiger partial charge in [0.1, 0.15) is 0 Å². The van der Waals surface area contributed by atoms with Gasteiger partial charge in [-0.25, -0.2) is 0 Å². The number of aliphatic imine (C=N–C) groups is 1. The summed E-state index contributed by atoms with van der Waals surface area (Å²) in [5, 5.41) is 9.35. The van der Waals surface area contributed by atoms with Crippen LogP contribution in [0.15, 0.2) is 65.8 Å². The van der Waals surface area contributed by atoms with Crippen molar-refractivity contribution >= 4 is 5.71 Å². The van der Waals surface area contributed by atoms with Crippen molar-refractivity contribution in [2.24, 2.45) is 4.99 Å². The second-order valence-electron chi connectivity index (χ2n) is 7.50. The van der Waals surface area contributed by atoms with Crippen LogP contribution in [0.2, 0.25) is 0 Å². The summed E-state index contributed by atoms with van der Waals surface area (Å²) in [6.45, 7) is 2.13. The Balaban J connectivity index is 1.78. The highest BCUT2D eigenvalue weighted by molar-refractivity contribution is 6.03. The molecule has 2 aromatic carbocycles. The molecule has 0 amide bonds. The van der Waals surface area contributed by atoms with Crippen LogP contribution in [0.5, 0.6) is 0 Å². The van der Waals surface area contributed by atoms with E-state index in [0.717, 1.165) is 66.6 Å². The molecule has 0 bridgehead atoms. The Morgan fingerprint density at radius 2 is 1.69 bits per heavy atom. The SMILES string of the molecule is CCc1ncccc1-c1ccc2c(c1)C(=NC#N)CCc1ccccc1CCC2. The average molecular weight is 380 g/mol. The van der Waals surface area contributed by atoms with E-state index >= 15 is 0 Å². The van der Waals surface area contributed by atoms with E-state index in [0.29, 0.717) is 0 Å². The fraction of sp³-hybridized carbons (Fsp3) is 0.269. The number of aromatic nitrogens is 1. The average Bonchev–Trinajstić information content (AvgIpc) is 2.77. The first-order valence-electron chi connectivity index (χ1n) is 10.4. The first-order chi connectivity index (χ1) is 14.3. The molecular weight excluding hydrogens is 354 g/mol. The quantitative estimate of drug-likeness (QED) is 0.536. The minimum Gasteiger partial charge on any atom is -0.261 e. The van der Waals surface area contributed by atoms with Crippen LogP contribution in [0.1, 0.15) is 47.7 Å². The molecule has 0 radical (unpaired) electrons. The Kier molecular flexibility index (Phi) is 5.81. The molecule has 3 heteroatoms. The van der Waals surface area contributed by atoms with E-state index < -0.39 is 0 Å². The van der Waals surface area contributed by atoms with Crippen molar-refractivity contribution < 1.29 is 0 Å². The number of rotatable bonds is 2. The predicted octanol–water partition coefficient (Wildman–Crippen LogP) is 5.70. The predicted molar refractivity (Wildman–Crippen MR) is 118 cm³/mol. The van der Waals surface area contributed by atoms with Crippen molar-refractivity contribution in [3.05, 3.63) is 88.7 Å². The number of pyridine rings is 1. The topological polar surface area (TPSA) is 49.0 Å². The van der Waals surface area contributed by atoms with Gasteiger partial charge >= 0.3 is 0 Å². The fourth-order valence-corrected chi connectivity index (χ4v) is 4.29. The first-order valence-corrected chi connectivity index (χ1v) is 10.4. The lowest BCUT2D eigenvalue weighted by Gasteiger charge is -2.18. The van der Waals surface area contributed by atoms with Crippen molar-refractivity contribution in [3.63, 3.8) is 0 Å². The summed E-state index contributed by atoms with van der Waals surface area (Å²) in [6, 6.07) is 19.4. The molecule has 4 rings (SSSR count). The van der Waals surface area contributed by atoms with Gasteiger partial charge in [0.2, 0.25) is 6.19 Å². The Labute approximate surface area is 172 Å². The summed E-state index contributed by atoms with van der Waals surface area (Å²) in [7, 11) is 0. The van der Waals surface area contributed by atoms with Crippen LogP contribution in [0.4, 0.5) is 0 Å². The van der Waals surface area contributed by atoms with Crippen LogP contribution in [-0.4, -0.2) is 10.7 Å². The molecule has 0 saturated heterocycles. The zero-order valence-electron chi connectivity index (χ0n) is 16.9. The molecule has 1 aliphatic carbocycles. The highest BCUT2D eigenvalue weighted by atomic mass is 14.7. The summed E-state index contributed by atoms with van der Waals surface area (Å²) in [6.07, 6.45) is 9.64. The van der Waals surface area contributed by atoms with E-state index in [1.165, 1.54) is 16.7 Å². The summed E-state index contributed by atoms with van der Waals surface area (Å²) in [4.78, 5) is 8.80. The lowest BCUT2D eigenvalue weighted by molar-refractivity contribution is 0.801. The maximum absolute atomic E-state index is 9.35. The first kappa shape index (κ1) is 19.1. The van der Waals surface area contributed by atoms with Gasteiger partial charge in [-0.3, -0.25) is 4.98 Å². The molecule has 144 valence electrons. The summed E-state index contributed by atoms with van der Waals surface area (Å²) < 4.78 is 0. The van der Waals surface area contributed by atoms with Crippen LogP contribution < -0.4 is 0 Å². The Bertz CT molecular complexity index is 1090. The second kappa shape index (κ2) is 8.84. The maximum atomic E-state index is 9.35. The van der Waals surface area contributed by atoms with E-state index in [4.69, 9.17) is 0 Å². The Hall–Kier alpha value is -3.25. The smallest absolute Gasteiger partial charge is 0.205 e. The molecule has 29 heavy (non-hydrogen) atoms. The number of hydrogen-bond acceptors (Lipinski definition) is 3. The second-order valence-corrected chi connectivity index (χ2v) is 7.50. The third-order valence-electron chi connectivity index (χ3n) is 5.78. The monoisotopic (exact) mass is 379 g/mol. The summed E-state index contributed by atoms with van der Waals surface area (Å²) in [5.74, 6) is 0. The highest BCUT2D eigenvalue weighted by Gasteiger charge is 2.16. The van der Waals surface area contributed by atoms with E-state index in [2.05, 4.69) is 65.4 Å². The van der Waals surface area contributed by atoms with Crippen molar-refractivity contribution in [2.45, 2.75) is 45.4 Å². The number of benzene rings is 2. The Morgan fingerprint density at radius 1 is 0.897 bits per heavy atom. The van der Waals surface area contributed by atoms with E-state index in [1.54, 1.807) is 0 Å². The molecule has 3 aromatic rings. The maximum Gasteiger partial charge on any atom is 0.205 e. The minimum atomic E-state index is 0.773. The molecule has 1 heterocycles. The van der Waals surface area contributed by atoms with Crippen LogP contribution in [0.3, 0.4) is 0 Å². The number of nitrogens with zero attached hydrogens (tertiary/aromatic N) is 3. The molecule has 0 saturated carbocycles. The third kappa shape index (κ3) is 4.12. The van der Waals surface area contributed by atoms with Gasteiger partial charge in [-0.1, -0.05) is 49.4 Å². The summed E-state index contributed by atoms with van der Waals surface area (Å²) >= 11 is 0. The normalized spacial score (nSPS) is 15.2. The van der Waals surface area contributed by atoms with Gasteiger partial charge in [-0.05, 0) is 72.9 Å². The molecule has 3 nitrogen and oxygen atoms in total. The third-order valence-corrected chi connectivity index (χ3v) is 5.78. The largest absolute Gasteiger partial charge is 0.261 e. The Morgan fingerprint density at radius 3 is 2.48 bits per heavy atom. The number of nitriles is 1. The van der Waals surface area contributed by atoms with Gasteiger partial charge in [0, 0.05) is 23.0 Å². The fourth-order valence-electron chi connectivity index (χ4n) is 4.29. The lowest BCUT2D eigenvalue weighted by atomic mass is 9.88. The van der Waals surface area contributed by atoms with E-state index in [1.807, 2.05) is 18.5 Å². The van der Waals surface area contributed by atoms with Crippen LogP contribution in [0.25, 0.3) is 11.1 Å². The number of aryl methyl sites for hydroxylation is 4. The number of fused-ring (bicyclic) bond motifs is 2. The molecule has 0 spiro atoms. The van der Waals surface area contributed by atoms with Crippen molar-refractivity contribution in [2.75, 3.05) is 0 Å². The van der Waals surface area contributed by atoms with Gasteiger partial charge in [0.05, 0.1) is 5.71 Å². The van der Waals surface area contributed by atoms with Gasteiger partial charge in [0.25, 0.3) is 0 Å². The van der Waals surface area contributed by atoms with Crippen molar-refractivity contribution in [1.29, 1.82) is 5.26 Å². The molecule has 0 N–H and O–H groups in total. The van der Waals surface area contributed by atoms with Crippen molar-refractivity contribution in [3.8, 4) is 17.3 Å². The van der Waals surface area contributed by atoms with Crippen LogP contribution in [-0.2, 0) is 25.7 Å². The highest BCUT2D eigenvalue weighted by Crippen LogP contribution is 2.28. The minimum absolute atomic E-state index is 0.773. The van der Waals surface area contributed by atoms with Gasteiger partial charge in [-0.15, -0.1) is 0 Å². The molecule has 1 aromatic heterocycles. The molecule has 0 fully saturated rings. The van der Waals surface area contributed by atoms with Crippen LogP contribution in [0, 0.1) is 11.5 Å². The van der Waals surface area contributed by atoms with E-state index in [9.17, 15) is 5.26 Å². The molecule has 0 atom stereocenters. The molecule has 0 unspecified atom stereocenters. The zero-order valence-corrected chi connectivity index (χ0v) is 16.9. The van der Waals surface area contributed by atoms with E-state index in [-0.39, 0.29) is 0 Å².